The van der Waals surface area contributed by atoms with Gasteiger partial charge in [-0.2, -0.15) is 0 Å². The molecular formula is C62H113N11O13. The molecule has 11 amide bonds. The van der Waals surface area contributed by atoms with Crippen LogP contribution < -0.4 is 21.3 Å². The Morgan fingerprint density at radius 3 is 1.40 bits per heavy atom. The first-order chi connectivity index (χ1) is 39.5. The smallest absolute Gasteiger partial charge is 0.246 e. The molecule has 1 rings (SSSR count). The zero-order chi connectivity index (χ0) is 66.9. The Balaban J connectivity index is 4.34. The third kappa shape index (κ3) is 21.4. The number of nitrogens with zero attached hydrogens (tertiary/aromatic N) is 7. The SMILES string of the molecule is CC[C@@H]1NC(=O)[C@H]([C@H](O)[C@H](C)CCCCO)N(C)C(=O)[C@@H](C(C)C)N(C)C(=O)[C@H](CC(C)C)N(C)C(=O)[C@@H](CC(C)C)N(C)C(=O)[C@@H](C)NC(=O)[C@H](C)NC(=O)[C@H](CC(C)C)N(C)C(=O)[C@H](C(C)C)NC(=O)[C@H](C(C)(C)C)N(C)C(=O)CN(C)C1=O. The van der Waals surface area contributed by atoms with Gasteiger partial charge in [0.05, 0.1) is 12.6 Å². The first-order valence-corrected chi connectivity index (χ1v) is 30.9. The molecule has 24 heteroatoms. The molecule has 0 spiro atoms. The van der Waals surface area contributed by atoms with Crippen molar-refractivity contribution in [2.45, 2.75) is 229 Å². The average Bonchev–Trinajstić information content (AvgIpc) is 2.09. The fourth-order valence-corrected chi connectivity index (χ4v) is 11.2. The van der Waals surface area contributed by atoms with Crippen molar-refractivity contribution in [3.05, 3.63) is 0 Å². The van der Waals surface area contributed by atoms with Crippen LogP contribution in [0.1, 0.15) is 163 Å². The third-order valence-corrected chi connectivity index (χ3v) is 16.4. The van der Waals surface area contributed by atoms with Crippen LogP contribution in [0, 0.1) is 40.9 Å². The Labute approximate surface area is 514 Å². The number of amides is 11. The number of carbonyl (C=O) groups is 11. The molecule has 0 unspecified atom stereocenters. The minimum Gasteiger partial charge on any atom is -0.396 e. The Bertz CT molecular complexity index is 2320. The van der Waals surface area contributed by atoms with Gasteiger partial charge in [0, 0.05) is 55.9 Å². The Morgan fingerprint density at radius 1 is 0.488 bits per heavy atom. The highest BCUT2D eigenvalue weighted by molar-refractivity contribution is 5.99. The maximum Gasteiger partial charge on any atom is 0.246 e. The summed E-state index contributed by atoms with van der Waals surface area (Å²) in [5.41, 5.74) is -0.956. The Hall–Kier alpha value is -5.91. The summed E-state index contributed by atoms with van der Waals surface area (Å²) in [5.74, 6) is -9.87. The maximum absolute atomic E-state index is 15.2. The molecule has 1 aliphatic rings. The molecule has 1 saturated heterocycles. The number of hydrogen-bond donors (Lipinski definition) is 6. The predicted molar refractivity (Wildman–Crippen MR) is 330 cm³/mol. The molecule has 0 saturated carbocycles. The molecule has 1 heterocycles. The van der Waals surface area contributed by atoms with Crippen molar-refractivity contribution in [1.82, 2.24) is 55.6 Å². The number of hydrogen-bond acceptors (Lipinski definition) is 13. The first-order valence-electron chi connectivity index (χ1n) is 30.9. The average molecular weight is 1220 g/mol. The molecule has 1 fully saturated rings. The van der Waals surface area contributed by atoms with E-state index in [9.17, 15) is 53.4 Å². The molecule has 0 aromatic rings. The van der Waals surface area contributed by atoms with Crippen LogP contribution in [0.5, 0.6) is 0 Å². The van der Waals surface area contributed by atoms with E-state index < -0.39 is 161 Å². The molecule has 1 aliphatic heterocycles. The first kappa shape index (κ1) is 78.1. The van der Waals surface area contributed by atoms with Crippen molar-refractivity contribution in [3.63, 3.8) is 0 Å². The van der Waals surface area contributed by atoms with E-state index in [1.165, 1.54) is 87.7 Å². The fourth-order valence-electron chi connectivity index (χ4n) is 11.2. The molecule has 0 radical (unpaired) electrons. The van der Waals surface area contributed by atoms with Crippen LogP contribution in [0.4, 0.5) is 0 Å². The van der Waals surface area contributed by atoms with Crippen LogP contribution in [0.25, 0.3) is 0 Å². The van der Waals surface area contributed by atoms with Gasteiger partial charge in [-0.3, -0.25) is 52.7 Å². The zero-order valence-electron chi connectivity index (χ0n) is 56.7. The fraction of sp³-hybridized carbons (Fsp3) is 0.823. The van der Waals surface area contributed by atoms with E-state index in [2.05, 4.69) is 21.3 Å². The number of aliphatic hydroxyl groups is 2. The number of rotatable bonds is 15. The lowest BCUT2D eigenvalue weighted by atomic mass is 9.84. The molecule has 494 valence electrons. The second-order valence-corrected chi connectivity index (χ2v) is 27.1. The van der Waals surface area contributed by atoms with Crippen LogP contribution in [0.15, 0.2) is 0 Å². The summed E-state index contributed by atoms with van der Waals surface area (Å²) in [4.78, 5) is 169. The minimum atomic E-state index is -1.64. The highest BCUT2D eigenvalue weighted by atomic mass is 16.3. The van der Waals surface area contributed by atoms with Gasteiger partial charge in [-0.15, -0.1) is 0 Å². The Kier molecular flexibility index (Phi) is 31.4. The number of unbranched alkanes of at least 4 members (excludes halogenated alkanes) is 1. The van der Waals surface area contributed by atoms with Gasteiger partial charge < -0.3 is 65.8 Å². The van der Waals surface area contributed by atoms with E-state index in [4.69, 9.17) is 0 Å². The molecule has 0 bridgehead atoms. The van der Waals surface area contributed by atoms with Crippen molar-refractivity contribution >= 4 is 65.0 Å². The number of likely N-dealkylation sites (N-methyl/N-ethyl adjacent to an activating group) is 7. The van der Waals surface area contributed by atoms with E-state index in [1.54, 1.807) is 62.3 Å². The van der Waals surface area contributed by atoms with Gasteiger partial charge in [0.1, 0.15) is 60.4 Å². The largest absolute Gasteiger partial charge is 0.396 e. The van der Waals surface area contributed by atoms with Gasteiger partial charge >= 0.3 is 0 Å². The van der Waals surface area contributed by atoms with Crippen molar-refractivity contribution in [2.75, 3.05) is 62.5 Å². The predicted octanol–water partition coefficient (Wildman–Crippen LogP) is 2.47. The van der Waals surface area contributed by atoms with E-state index in [0.29, 0.717) is 19.3 Å². The highest BCUT2D eigenvalue weighted by Crippen LogP contribution is 2.28. The van der Waals surface area contributed by atoms with Gasteiger partial charge in [0.15, 0.2) is 0 Å². The van der Waals surface area contributed by atoms with E-state index >= 15 is 9.59 Å². The number of carbonyl (C=O) groups excluding carboxylic acids is 11. The van der Waals surface area contributed by atoms with Gasteiger partial charge in [0.25, 0.3) is 0 Å². The van der Waals surface area contributed by atoms with Gasteiger partial charge in [-0.05, 0) is 93.3 Å². The van der Waals surface area contributed by atoms with Crippen LogP contribution >= 0.6 is 0 Å². The van der Waals surface area contributed by atoms with Crippen LogP contribution in [-0.4, -0.2) is 238 Å². The normalized spacial score (nSPS) is 26.8. The van der Waals surface area contributed by atoms with Crippen molar-refractivity contribution < 1.29 is 63.0 Å². The van der Waals surface area contributed by atoms with E-state index in [-0.39, 0.29) is 50.0 Å². The van der Waals surface area contributed by atoms with Gasteiger partial charge in [-0.1, -0.05) is 110 Å². The topological polar surface area (TPSA) is 299 Å². The standard InChI is InChI=1S/C62H113N11O13/c1-25-42-57(82)67(18)33-46(75)71(22)51(62(15,16)17)55(80)66-47(37(8)9)60(85)68(19)43(30-34(2)3)53(78)63-40(13)52(77)64-41(14)56(81)69(20)44(31-35(4)5)58(83)70(21)45(32-36(6)7)59(84)72(23)48(38(10)11)61(86)73(24)49(54(79)65-42)50(76)39(12)28-26-27-29-74/h34-45,47-51,74,76H,25-33H2,1-24H3,(H,63,78)(H,64,77)(H,65,79)(H,66,80)/t39-,40+,41-,42+,43+,44-,45+,47+,48-,49+,50-,51-/m1/s1. The molecule has 86 heavy (non-hydrogen) atoms. The summed E-state index contributed by atoms with van der Waals surface area (Å²) < 4.78 is 0. The maximum atomic E-state index is 15.2. The lowest BCUT2D eigenvalue weighted by molar-refractivity contribution is -0.157. The quantitative estimate of drug-likeness (QED) is 0.129. The second kappa shape index (κ2) is 34.6. The lowest BCUT2D eigenvalue weighted by Gasteiger charge is -2.41. The summed E-state index contributed by atoms with van der Waals surface area (Å²) >= 11 is 0. The van der Waals surface area contributed by atoms with Crippen LogP contribution in [0.3, 0.4) is 0 Å². The summed E-state index contributed by atoms with van der Waals surface area (Å²) in [6.07, 6.45) is 0.118. The van der Waals surface area contributed by atoms with Crippen LogP contribution in [0.2, 0.25) is 0 Å². The number of aliphatic hydroxyl groups excluding tert-OH is 2. The van der Waals surface area contributed by atoms with Crippen molar-refractivity contribution in [2.24, 2.45) is 40.9 Å². The molecule has 6 N–H and O–H groups in total. The van der Waals surface area contributed by atoms with E-state index in [1.807, 2.05) is 41.5 Å². The van der Waals surface area contributed by atoms with Gasteiger partial charge in [-0.25, -0.2) is 0 Å². The second-order valence-electron chi connectivity index (χ2n) is 27.1. The van der Waals surface area contributed by atoms with E-state index in [0.717, 1.165) is 9.80 Å². The Morgan fingerprint density at radius 2 is 0.942 bits per heavy atom. The molecule has 24 nitrogen and oxygen atoms in total. The summed E-state index contributed by atoms with van der Waals surface area (Å²) in [6.45, 7) is 28.7. The molecular weight excluding hydrogens is 1110 g/mol. The van der Waals surface area contributed by atoms with Gasteiger partial charge in [0.2, 0.25) is 65.0 Å². The molecule has 12 atom stereocenters. The zero-order valence-corrected chi connectivity index (χ0v) is 56.7. The van der Waals surface area contributed by atoms with Crippen LogP contribution in [-0.2, 0) is 52.7 Å². The van der Waals surface area contributed by atoms with Crippen molar-refractivity contribution in [3.8, 4) is 0 Å². The number of nitrogens with one attached hydrogen (secondary N) is 4. The van der Waals surface area contributed by atoms with Crippen molar-refractivity contribution in [1.29, 1.82) is 0 Å². The minimum absolute atomic E-state index is 0.00161. The molecule has 0 aromatic heterocycles. The lowest BCUT2D eigenvalue weighted by Crippen LogP contribution is -2.63. The summed E-state index contributed by atoms with van der Waals surface area (Å²) in [6, 6.07) is -12.6. The summed E-state index contributed by atoms with van der Waals surface area (Å²) in [7, 11) is 9.83. The monoisotopic (exact) mass is 1220 g/mol. The third-order valence-electron chi connectivity index (χ3n) is 16.4. The molecule has 0 aliphatic carbocycles. The highest BCUT2D eigenvalue weighted by Gasteiger charge is 2.46. The summed E-state index contributed by atoms with van der Waals surface area (Å²) in [5, 5.41) is 32.7. The molecule has 0 aromatic carbocycles.